The number of hydrogen-bond donors (Lipinski definition) is 1. The van der Waals surface area contributed by atoms with Gasteiger partial charge in [-0.25, -0.2) is 8.42 Å². The second kappa shape index (κ2) is 10.8. The standard InChI is InChI=1S/C28H24BrClN2O4S/c1-35-25-16-21(15-23(29)27(25)36-18-20-11-13-22(30)14-12-20)28-31-24-9-5-6-10-26(24)37(33,34)32(28)17-19-7-3-2-4-8-19/h2-16,28,31H,17-18H2,1H3/t28-/m1/s1. The molecule has 0 radical (unpaired) electrons. The van der Waals surface area contributed by atoms with Gasteiger partial charge in [0.1, 0.15) is 17.7 Å². The summed E-state index contributed by atoms with van der Waals surface area (Å²) >= 11 is 9.60. The summed E-state index contributed by atoms with van der Waals surface area (Å²) in [7, 11) is -2.24. The van der Waals surface area contributed by atoms with Gasteiger partial charge in [-0.15, -0.1) is 0 Å². The zero-order valence-electron chi connectivity index (χ0n) is 19.9. The molecule has 0 amide bonds. The maximum absolute atomic E-state index is 13.8. The number of rotatable bonds is 7. The molecule has 0 aliphatic carbocycles. The van der Waals surface area contributed by atoms with Gasteiger partial charge in [-0.3, -0.25) is 0 Å². The number of fused-ring (bicyclic) bond motifs is 1. The van der Waals surface area contributed by atoms with Crippen molar-refractivity contribution >= 4 is 43.2 Å². The monoisotopic (exact) mass is 598 g/mol. The number of nitrogens with one attached hydrogen (secondary N) is 1. The van der Waals surface area contributed by atoms with Gasteiger partial charge >= 0.3 is 0 Å². The molecule has 0 spiro atoms. The largest absolute Gasteiger partial charge is 0.493 e. The molecule has 190 valence electrons. The van der Waals surface area contributed by atoms with Gasteiger partial charge in [-0.2, -0.15) is 4.31 Å². The van der Waals surface area contributed by atoms with Crippen LogP contribution in [0.1, 0.15) is 22.9 Å². The first-order chi connectivity index (χ1) is 17.9. The van der Waals surface area contributed by atoms with Crippen LogP contribution in [0.4, 0.5) is 5.69 Å². The summed E-state index contributed by atoms with van der Waals surface area (Å²) in [6.45, 7) is 0.513. The molecule has 1 aliphatic rings. The van der Waals surface area contributed by atoms with Crippen LogP contribution in [0.15, 0.2) is 100 Å². The molecule has 1 atom stereocenters. The second-order valence-corrected chi connectivity index (χ2v) is 11.7. The molecule has 9 heteroatoms. The number of anilines is 1. The molecule has 1 heterocycles. The molecular weight excluding hydrogens is 576 g/mol. The van der Waals surface area contributed by atoms with E-state index in [-0.39, 0.29) is 11.4 Å². The van der Waals surface area contributed by atoms with E-state index in [1.165, 1.54) is 4.31 Å². The fourth-order valence-electron chi connectivity index (χ4n) is 4.26. The zero-order chi connectivity index (χ0) is 26.0. The van der Waals surface area contributed by atoms with Gasteiger partial charge in [0.2, 0.25) is 10.0 Å². The lowest BCUT2D eigenvalue weighted by atomic mass is 10.1. The van der Waals surface area contributed by atoms with Crippen LogP contribution in [-0.4, -0.2) is 19.8 Å². The van der Waals surface area contributed by atoms with Gasteiger partial charge < -0.3 is 14.8 Å². The lowest BCUT2D eigenvalue weighted by Gasteiger charge is -2.37. The smallest absolute Gasteiger partial charge is 0.247 e. The fraction of sp³-hybridized carbons (Fsp3) is 0.143. The highest BCUT2D eigenvalue weighted by atomic mass is 79.9. The third-order valence-electron chi connectivity index (χ3n) is 6.10. The Labute approximate surface area is 230 Å². The highest BCUT2D eigenvalue weighted by Crippen LogP contribution is 2.44. The summed E-state index contributed by atoms with van der Waals surface area (Å²) in [6.07, 6.45) is -0.671. The minimum Gasteiger partial charge on any atom is -0.493 e. The molecule has 0 bridgehead atoms. The first-order valence-corrected chi connectivity index (χ1v) is 14.1. The van der Waals surface area contributed by atoms with Crippen molar-refractivity contribution in [2.45, 2.75) is 24.2 Å². The molecule has 0 unspecified atom stereocenters. The van der Waals surface area contributed by atoms with Crippen LogP contribution in [0.25, 0.3) is 0 Å². The quantitative estimate of drug-likeness (QED) is 0.248. The minimum atomic E-state index is -3.80. The Hall–Kier alpha value is -3.04. The third kappa shape index (κ3) is 5.33. The number of hydrogen-bond acceptors (Lipinski definition) is 5. The van der Waals surface area contributed by atoms with Crippen LogP contribution in [-0.2, 0) is 23.2 Å². The van der Waals surface area contributed by atoms with E-state index in [2.05, 4.69) is 21.2 Å². The lowest BCUT2D eigenvalue weighted by molar-refractivity contribution is 0.281. The Morgan fingerprint density at radius 3 is 2.38 bits per heavy atom. The van der Waals surface area contributed by atoms with Crippen LogP contribution >= 0.6 is 27.5 Å². The van der Waals surface area contributed by atoms with E-state index in [0.717, 1.165) is 11.1 Å². The summed E-state index contributed by atoms with van der Waals surface area (Å²) in [5.41, 5.74) is 3.09. The molecular formula is C28H24BrClN2O4S. The van der Waals surface area contributed by atoms with Crippen LogP contribution in [0, 0.1) is 0 Å². The maximum atomic E-state index is 13.8. The molecule has 4 aromatic carbocycles. The molecule has 1 N–H and O–H groups in total. The van der Waals surface area contributed by atoms with Crippen LogP contribution in [0.2, 0.25) is 5.02 Å². The number of ether oxygens (including phenoxy) is 2. The Morgan fingerprint density at radius 1 is 0.946 bits per heavy atom. The van der Waals surface area contributed by atoms with Crippen molar-refractivity contribution in [1.82, 2.24) is 4.31 Å². The maximum Gasteiger partial charge on any atom is 0.247 e. The summed E-state index contributed by atoms with van der Waals surface area (Å²) in [4.78, 5) is 0.246. The minimum absolute atomic E-state index is 0.198. The van der Waals surface area contributed by atoms with E-state index in [1.807, 2.05) is 66.7 Å². The van der Waals surface area contributed by atoms with Gasteiger partial charge in [-0.05, 0) is 69.0 Å². The summed E-state index contributed by atoms with van der Waals surface area (Å²) in [5, 5.41) is 4.07. The average Bonchev–Trinajstić information content (AvgIpc) is 2.90. The fourth-order valence-corrected chi connectivity index (χ4v) is 6.64. The highest BCUT2D eigenvalue weighted by molar-refractivity contribution is 9.10. The Balaban J connectivity index is 1.53. The second-order valence-electron chi connectivity index (χ2n) is 8.53. The van der Waals surface area contributed by atoms with Crippen molar-refractivity contribution in [3.05, 3.63) is 117 Å². The van der Waals surface area contributed by atoms with Crippen molar-refractivity contribution < 1.29 is 17.9 Å². The van der Waals surface area contributed by atoms with Crippen LogP contribution < -0.4 is 14.8 Å². The molecule has 0 saturated heterocycles. The Morgan fingerprint density at radius 2 is 1.65 bits per heavy atom. The van der Waals surface area contributed by atoms with E-state index >= 15 is 0 Å². The molecule has 37 heavy (non-hydrogen) atoms. The number of para-hydroxylation sites is 1. The molecule has 4 aromatic rings. The number of nitrogens with zero attached hydrogens (tertiary/aromatic N) is 1. The van der Waals surface area contributed by atoms with E-state index < -0.39 is 16.2 Å². The van der Waals surface area contributed by atoms with E-state index in [1.54, 1.807) is 31.4 Å². The third-order valence-corrected chi connectivity index (χ3v) is 8.81. The molecule has 0 fully saturated rings. The van der Waals surface area contributed by atoms with Crippen LogP contribution in [0.5, 0.6) is 11.5 Å². The number of halogens is 2. The summed E-state index contributed by atoms with van der Waals surface area (Å²) in [6, 6.07) is 27.5. The highest BCUT2D eigenvalue weighted by Gasteiger charge is 2.39. The summed E-state index contributed by atoms with van der Waals surface area (Å²) < 4.78 is 41.4. The predicted molar refractivity (Wildman–Crippen MR) is 148 cm³/mol. The molecule has 0 aromatic heterocycles. The SMILES string of the molecule is COc1cc([C@@H]2Nc3ccccc3S(=O)(=O)N2Cc2ccccc2)cc(Br)c1OCc1ccc(Cl)cc1. The molecule has 6 nitrogen and oxygen atoms in total. The average molecular weight is 600 g/mol. The topological polar surface area (TPSA) is 67.9 Å². The van der Waals surface area contributed by atoms with Crippen molar-refractivity contribution in [2.75, 3.05) is 12.4 Å². The van der Waals surface area contributed by atoms with Gasteiger partial charge in [0.25, 0.3) is 0 Å². The van der Waals surface area contributed by atoms with Crippen molar-refractivity contribution in [2.24, 2.45) is 0 Å². The van der Waals surface area contributed by atoms with Gasteiger partial charge in [-0.1, -0.05) is 66.2 Å². The van der Waals surface area contributed by atoms with Crippen molar-refractivity contribution in [3.8, 4) is 11.5 Å². The van der Waals surface area contributed by atoms with E-state index in [9.17, 15) is 8.42 Å². The normalized spacial score (nSPS) is 16.5. The summed E-state index contributed by atoms with van der Waals surface area (Å²) in [5.74, 6) is 1.01. The zero-order valence-corrected chi connectivity index (χ0v) is 23.1. The van der Waals surface area contributed by atoms with Crippen LogP contribution in [0.3, 0.4) is 0 Å². The van der Waals surface area contributed by atoms with E-state index in [4.69, 9.17) is 21.1 Å². The number of benzene rings is 4. The van der Waals surface area contributed by atoms with Gasteiger partial charge in [0, 0.05) is 11.6 Å². The molecule has 0 saturated carbocycles. The predicted octanol–water partition coefficient (Wildman–Crippen LogP) is 7.01. The Kier molecular flexibility index (Phi) is 7.44. The van der Waals surface area contributed by atoms with Crippen molar-refractivity contribution in [3.63, 3.8) is 0 Å². The molecule has 1 aliphatic heterocycles. The number of sulfonamides is 1. The first kappa shape index (κ1) is 25.6. The van der Waals surface area contributed by atoms with Gasteiger partial charge in [0.05, 0.1) is 17.3 Å². The molecule has 5 rings (SSSR count). The lowest BCUT2D eigenvalue weighted by Crippen LogP contribution is -2.42. The Bertz CT molecular complexity index is 1520. The van der Waals surface area contributed by atoms with Crippen molar-refractivity contribution in [1.29, 1.82) is 0 Å². The van der Waals surface area contributed by atoms with E-state index in [0.29, 0.717) is 38.9 Å². The number of methoxy groups -OCH3 is 1. The first-order valence-electron chi connectivity index (χ1n) is 11.5. The van der Waals surface area contributed by atoms with Gasteiger partial charge in [0.15, 0.2) is 11.5 Å².